The average molecular weight is 375 g/mol. The summed E-state index contributed by atoms with van der Waals surface area (Å²) in [5.74, 6) is -0.434. The topological polar surface area (TPSA) is 68.5 Å². The molecule has 0 aliphatic rings. The van der Waals surface area contributed by atoms with Crippen molar-refractivity contribution in [3.63, 3.8) is 0 Å². The number of amides is 1. The molecular weight excluding hydrogens is 359 g/mol. The quantitative estimate of drug-likeness (QED) is 0.610. The van der Waals surface area contributed by atoms with Crippen LogP contribution in [0, 0.1) is 11.3 Å². The van der Waals surface area contributed by atoms with E-state index in [9.17, 15) is 4.79 Å². The number of carbonyl (C=O) groups excluding carboxylic acids is 1. The first-order chi connectivity index (χ1) is 12.0. The number of anilines is 1. The molecule has 0 unspecified atom stereocenters. The predicted molar refractivity (Wildman–Crippen MR) is 101 cm³/mol. The first kappa shape index (κ1) is 18.8. The fraction of sp³-hybridized carbons (Fsp3) is 0.167. The molecule has 0 saturated heterocycles. The highest BCUT2D eigenvalue weighted by molar-refractivity contribution is 6.35. The Morgan fingerprint density at radius 1 is 1.28 bits per heavy atom. The molecule has 0 spiro atoms. The minimum Gasteiger partial charge on any atom is -0.374 e. The summed E-state index contributed by atoms with van der Waals surface area (Å²) in [5, 5.41) is 13.3. The zero-order chi connectivity index (χ0) is 18.2. The lowest BCUT2D eigenvalue weighted by Gasteiger charge is -2.17. The van der Waals surface area contributed by atoms with Gasteiger partial charge in [-0.05, 0) is 35.9 Å². The molecule has 0 aromatic heterocycles. The van der Waals surface area contributed by atoms with E-state index in [2.05, 4.69) is 16.6 Å². The van der Waals surface area contributed by atoms with Crippen molar-refractivity contribution in [1.29, 1.82) is 5.26 Å². The highest BCUT2D eigenvalue weighted by Crippen LogP contribution is 2.20. The van der Waals surface area contributed by atoms with Gasteiger partial charge in [-0.3, -0.25) is 4.79 Å². The maximum absolute atomic E-state index is 12.1. The van der Waals surface area contributed by atoms with Crippen LogP contribution in [0.4, 0.5) is 5.69 Å². The average Bonchev–Trinajstić information content (AvgIpc) is 2.62. The van der Waals surface area contributed by atoms with Crippen LogP contribution in [0.2, 0.25) is 10.0 Å². The Morgan fingerprint density at radius 2 is 2.00 bits per heavy atom. The van der Waals surface area contributed by atoms with Crippen molar-refractivity contribution >= 4 is 41.0 Å². The van der Waals surface area contributed by atoms with Gasteiger partial charge in [0.25, 0.3) is 5.91 Å². The van der Waals surface area contributed by atoms with Gasteiger partial charge in [-0.1, -0.05) is 35.3 Å². The minimum absolute atomic E-state index is 0.265. The lowest BCUT2D eigenvalue weighted by Crippen LogP contribution is -2.18. The van der Waals surface area contributed by atoms with E-state index in [0.29, 0.717) is 23.0 Å². The van der Waals surface area contributed by atoms with Crippen LogP contribution < -0.4 is 10.3 Å². The van der Waals surface area contributed by atoms with Gasteiger partial charge in [-0.15, -0.1) is 0 Å². The number of nitriles is 1. The number of benzene rings is 2. The third-order valence-electron chi connectivity index (χ3n) is 3.45. The monoisotopic (exact) mass is 374 g/mol. The number of rotatable bonds is 6. The number of halogens is 2. The zero-order valence-electron chi connectivity index (χ0n) is 13.5. The second-order valence-electron chi connectivity index (χ2n) is 5.24. The van der Waals surface area contributed by atoms with Crippen LogP contribution in [0.15, 0.2) is 47.6 Å². The summed E-state index contributed by atoms with van der Waals surface area (Å²) in [6.45, 7) is 0.667. The van der Waals surface area contributed by atoms with Crippen LogP contribution in [0.3, 0.4) is 0 Å². The van der Waals surface area contributed by atoms with E-state index in [-0.39, 0.29) is 5.56 Å². The smallest absolute Gasteiger partial charge is 0.272 e. The lowest BCUT2D eigenvalue weighted by atomic mass is 10.2. The van der Waals surface area contributed by atoms with Gasteiger partial charge in [-0.2, -0.15) is 10.4 Å². The number of hydrogen-bond acceptors (Lipinski definition) is 4. The van der Waals surface area contributed by atoms with E-state index >= 15 is 0 Å². The summed E-state index contributed by atoms with van der Waals surface area (Å²) < 4.78 is 0. The molecule has 0 heterocycles. The highest BCUT2D eigenvalue weighted by atomic mass is 35.5. The summed E-state index contributed by atoms with van der Waals surface area (Å²) >= 11 is 11.8. The van der Waals surface area contributed by atoms with E-state index in [0.717, 1.165) is 11.3 Å². The van der Waals surface area contributed by atoms with E-state index < -0.39 is 5.91 Å². The summed E-state index contributed by atoms with van der Waals surface area (Å²) in [6, 6.07) is 14.4. The van der Waals surface area contributed by atoms with Crippen molar-refractivity contribution in [3.05, 3.63) is 63.6 Å². The van der Waals surface area contributed by atoms with E-state index in [1.54, 1.807) is 12.1 Å². The van der Waals surface area contributed by atoms with Crippen LogP contribution in [0.25, 0.3) is 0 Å². The fourth-order valence-corrected chi connectivity index (χ4v) is 2.43. The summed E-state index contributed by atoms with van der Waals surface area (Å²) in [5.41, 5.74) is 4.52. The van der Waals surface area contributed by atoms with Gasteiger partial charge in [-0.25, -0.2) is 5.43 Å². The van der Waals surface area contributed by atoms with Crippen LogP contribution >= 0.6 is 23.2 Å². The molecule has 1 amide bonds. The molecule has 0 saturated carbocycles. The van der Waals surface area contributed by atoms with Crippen LogP contribution in [-0.4, -0.2) is 25.7 Å². The summed E-state index contributed by atoms with van der Waals surface area (Å²) in [7, 11) is 1.93. The first-order valence-corrected chi connectivity index (χ1v) is 8.23. The third-order valence-corrected chi connectivity index (χ3v) is 4.01. The van der Waals surface area contributed by atoms with Crippen molar-refractivity contribution in [2.24, 2.45) is 5.10 Å². The number of nitrogens with one attached hydrogen (secondary N) is 1. The Kier molecular flexibility index (Phi) is 6.81. The Bertz CT molecular complexity index is 813. The van der Waals surface area contributed by atoms with Crippen LogP contribution in [-0.2, 0) is 0 Å². The molecule has 5 nitrogen and oxygen atoms in total. The van der Waals surface area contributed by atoms with Gasteiger partial charge >= 0.3 is 0 Å². The maximum Gasteiger partial charge on any atom is 0.272 e. The molecule has 25 heavy (non-hydrogen) atoms. The van der Waals surface area contributed by atoms with E-state index in [1.165, 1.54) is 12.3 Å². The van der Waals surface area contributed by atoms with Gasteiger partial charge in [0.15, 0.2) is 0 Å². The van der Waals surface area contributed by atoms with Crippen molar-refractivity contribution in [3.8, 4) is 6.07 Å². The van der Waals surface area contributed by atoms with E-state index in [4.69, 9.17) is 28.5 Å². The molecule has 2 rings (SSSR count). The standard InChI is InChI=1S/C18H16Cl2N4O/c1-24(10-2-9-21)15-6-3-13(4-7-15)12-22-23-18(25)16-11-14(19)5-8-17(16)20/h3-8,11-12H,2,10H2,1H3,(H,23,25)/b22-12-. The molecule has 0 radical (unpaired) electrons. The molecule has 2 aromatic carbocycles. The molecule has 0 bridgehead atoms. The third kappa shape index (κ3) is 5.49. The van der Waals surface area contributed by atoms with Crippen molar-refractivity contribution in [2.45, 2.75) is 6.42 Å². The van der Waals surface area contributed by atoms with Gasteiger partial charge in [0, 0.05) is 24.3 Å². The molecule has 0 aliphatic heterocycles. The SMILES string of the molecule is CN(CCC#N)c1ccc(/C=N\NC(=O)c2cc(Cl)ccc2Cl)cc1. The molecule has 1 N–H and O–H groups in total. The molecule has 0 atom stereocenters. The second kappa shape index (κ2) is 9.07. The van der Waals surface area contributed by atoms with Gasteiger partial charge < -0.3 is 4.90 Å². The molecule has 2 aromatic rings. The lowest BCUT2D eigenvalue weighted by molar-refractivity contribution is 0.0955. The molecule has 0 aliphatic carbocycles. The highest BCUT2D eigenvalue weighted by Gasteiger charge is 2.09. The predicted octanol–water partition coefficient (Wildman–Crippen LogP) is 4.11. The summed E-state index contributed by atoms with van der Waals surface area (Å²) in [4.78, 5) is 14.0. The Hall–Kier alpha value is -2.55. The largest absolute Gasteiger partial charge is 0.374 e. The normalized spacial score (nSPS) is 10.5. The first-order valence-electron chi connectivity index (χ1n) is 7.48. The van der Waals surface area contributed by atoms with Crippen molar-refractivity contribution in [1.82, 2.24) is 5.43 Å². The van der Waals surface area contributed by atoms with Crippen molar-refractivity contribution < 1.29 is 4.79 Å². The second-order valence-corrected chi connectivity index (χ2v) is 6.09. The minimum atomic E-state index is -0.434. The van der Waals surface area contributed by atoms with Crippen molar-refractivity contribution in [2.75, 3.05) is 18.5 Å². The summed E-state index contributed by atoms with van der Waals surface area (Å²) in [6.07, 6.45) is 2.01. The van der Waals surface area contributed by atoms with Crippen LogP contribution in [0.1, 0.15) is 22.3 Å². The Labute approximate surface area is 156 Å². The number of hydrazone groups is 1. The Morgan fingerprint density at radius 3 is 2.68 bits per heavy atom. The van der Waals surface area contributed by atoms with Crippen LogP contribution in [0.5, 0.6) is 0 Å². The molecular formula is C18H16Cl2N4O. The van der Waals surface area contributed by atoms with Gasteiger partial charge in [0.05, 0.1) is 29.3 Å². The zero-order valence-corrected chi connectivity index (χ0v) is 15.1. The molecule has 0 fully saturated rings. The Balaban J connectivity index is 1.97. The number of carbonyl (C=O) groups is 1. The number of nitrogens with zero attached hydrogens (tertiary/aromatic N) is 3. The molecule has 7 heteroatoms. The maximum atomic E-state index is 12.1. The van der Waals surface area contributed by atoms with Gasteiger partial charge in [0.1, 0.15) is 0 Å². The van der Waals surface area contributed by atoms with Gasteiger partial charge in [0.2, 0.25) is 0 Å². The molecule has 128 valence electrons. The fourth-order valence-electron chi connectivity index (χ4n) is 2.06. The number of hydrogen-bond donors (Lipinski definition) is 1. The van der Waals surface area contributed by atoms with E-state index in [1.807, 2.05) is 36.2 Å².